The fraction of sp³-hybridized carbons (Fsp3) is 0.429. The largest absolute Gasteiger partial charge is 0.296 e. The molecular weight excluding hydrogens is 130 g/mol. The number of hydrogen-bond donors (Lipinski definition) is 1. The molecule has 0 aromatic heterocycles. The Balaban J connectivity index is 2.31. The second-order valence-corrected chi connectivity index (χ2v) is 2.80. The molecule has 1 aliphatic carbocycles. The lowest BCUT2D eigenvalue weighted by atomic mass is 9.72. The molecule has 1 heterocycles. The lowest BCUT2D eigenvalue weighted by Gasteiger charge is -2.27. The first kappa shape index (κ1) is 5.65. The molecule has 2 fully saturated rings. The first-order valence-corrected chi connectivity index (χ1v) is 3.22. The number of carbonyl (C=O) groups excluding carboxylic acids is 2. The third-order valence-electron chi connectivity index (χ3n) is 2.19. The Kier molecular flexibility index (Phi) is 0.836. The van der Waals surface area contributed by atoms with Gasteiger partial charge >= 0.3 is 0 Å². The number of hydrogen-bond acceptors (Lipinski definition) is 2. The van der Waals surface area contributed by atoms with Crippen LogP contribution in [0.15, 0.2) is 12.2 Å². The summed E-state index contributed by atoms with van der Waals surface area (Å²) in [5, 5.41) is 2.27. The van der Waals surface area contributed by atoms with E-state index in [1.54, 1.807) is 0 Å². The van der Waals surface area contributed by atoms with Crippen LogP contribution in [-0.2, 0) is 9.59 Å². The minimum Gasteiger partial charge on any atom is -0.296 e. The number of nitrogens with one attached hydrogen (secondary N) is 1. The number of rotatable bonds is 0. The number of fused-ring (bicyclic) bond motifs is 1. The minimum absolute atomic E-state index is 0.0833. The van der Waals surface area contributed by atoms with Gasteiger partial charge in [-0.1, -0.05) is 12.2 Å². The normalized spacial score (nSPS) is 37.0. The zero-order valence-corrected chi connectivity index (χ0v) is 5.39. The Labute approximate surface area is 58.1 Å². The molecule has 1 aliphatic heterocycles. The Morgan fingerprint density at radius 2 is 2.10 bits per heavy atom. The molecule has 1 N–H and O–H groups in total. The number of carbonyl (C=O) groups is 2. The maximum absolute atomic E-state index is 10.9. The van der Waals surface area contributed by atoms with Gasteiger partial charge in [0.15, 0.2) is 0 Å². The predicted molar refractivity (Wildman–Crippen MR) is 33.9 cm³/mol. The van der Waals surface area contributed by atoms with Gasteiger partial charge in [-0.2, -0.15) is 0 Å². The van der Waals surface area contributed by atoms with Gasteiger partial charge in [0.1, 0.15) is 0 Å². The molecule has 0 aromatic carbocycles. The van der Waals surface area contributed by atoms with Crippen LogP contribution >= 0.6 is 0 Å². The predicted octanol–water partition coefficient (Wildman–Crippen LogP) is -0.165. The van der Waals surface area contributed by atoms with Crippen LogP contribution in [0.1, 0.15) is 6.42 Å². The van der Waals surface area contributed by atoms with Gasteiger partial charge in [0.25, 0.3) is 0 Å². The second-order valence-electron chi connectivity index (χ2n) is 2.80. The van der Waals surface area contributed by atoms with Gasteiger partial charge in [0.05, 0.1) is 11.8 Å². The smallest absolute Gasteiger partial charge is 0.234 e. The Hall–Kier alpha value is -1.12. The second kappa shape index (κ2) is 1.48. The van der Waals surface area contributed by atoms with Crippen LogP contribution in [0.4, 0.5) is 0 Å². The van der Waals surface area contributed by atoms with Crippen molar-refractivity contribution in [2.75, 3.05) is 0 Å². The highest BCUT2D eigenvalue weighted by Gasteiger charge is 2.50. The summed E-state index contributed by atoms with van der Waals surface area (Å²) in [7, 11) is 0. The van der Waals surface area contributed by atoms with Crippen LogP contribution in [0.5, 0.6) is 0 Å². The third-order valence-corrected chi connectivity index (χ3v) is 2.19. The van der Waals surface area contributed by atoms with Crippen LogP contribution in [0.3, 0.4) is 0 Å². The van der Waals surface area contributed by atoms with Crippen molar-refractivity contribution in [3.05, 3.63) is 12.2 Å². The van der Waals surface area contributed by atoms with E-state index in [4.69, 9.17) is 0 Å². The maximum Gasteiger partial charge on any atom is 0.234 e. The van der Waals surface area contributed by atoms with Gasteiger partial charge in [-0.3, -0.25) is 14.9 Å². The van der Waals surface area contributed by atoms with Crippen molar-refractivity contribution in [2.24, 2.45) is 11.8 Å². The van der Waals surface area contributed by atoms with E-state index in [9.17, 15) is 9.59 Å². The minimum atomic E-state index is -0.188. The van der Waals surface area contributed by atoms with E-state index < -0.39 is 0 Å². The summed E-state index contributed by atoms with van der Waals surface area (Å²) in [6, 6.07) is 0. The van der Waals surface area contributed by atoms with E-state index in [2.05, 4.69) is 11.9 Å². The average Bonchev–Trinajstić information content (AvgIpc) is 2.01. The van der Waals surface area contributed by atoms with Crippen molar-refractivity contribution >= 4 is 11.8 Å². The topological polar surface area (TPSA) is 46.2 Å². The quantitative estimate of drug-likeness (QED) is 0.372. The van der Waals surface area contributed by atoms with Crippen LogP contribution in [0, 0.1) is 11.8 Å². The molecule has 0 radical (unpaired) electrons. The molecule has 2 atom stereocenters. The van der Waals surface area contributed by atoms with Crippen LogP contribution in [0.25, 0.3) is 0 Å². The van der Waals surface area contributed by atoms with Gasteiger partial charge in [0.2, 0.25) is 11.8 Å². The summed E-state index contributed by atoms with van der Waals surface area (Å²) in [5.74, 6) is -0.554. The van der Waals surface area contributed by atoms with E-state index in [0.717, 1.165) is 5.57 Å². The highest BCUT2D eigenvalue weighted by atomic mass is 16.2. The molecular formula is C7H7NO2. The zero-order valence-electron chi connectivity index (χ0n) is 5.39. The molecule has 2 rings (SSSR count). The van der Waals surface area contributed by atoms with Gasteiger partial charge in [0, 0.05) is 0 Å². The summed E-state index contributed by atoms with van der Waals surface area (Å²) >= 11 is 0. The van der Waals surface area contributed by atoms with Crippen molar-refractivity contribution in [3.8, 4) is 0 Å². The summed E-state index contributed by atoms with van der Waals surface area (Å²) in [5.41, 5.74) is 0.897. The fourth-order valence-corrected chi connectivity index (χ4v) is 1.56. The van der Waals surface area contributed by atoms with Crippen molar-refractivity contribution in [2.45, 2.75) is 6.42 Å². The van der Waals surface area contributed by atoms with Crippen molar-refractivity contribution in [1.82, 2.24) is 5.32 Å². The molecule has 3 heteroatoms. The summed E-state index contributed by atoms with van der Waals surface area (Å²) in [6.07, 6.45) is 0.697. The molecule has 0 bridgehead atoms. The number of imide groups is 1. The monoisotopic (exact) mass is 137 g/mol. The van der Waals surface area contributed by atoms with E-state index >= 15 is 0 Å². The van der Waals surface area contributed by atoms with Gasteiger partial charge in [-0.25, -0.2) is 0 Å². The van der Waals surface area contributed by atoms with Crippen molar-refractivity contribution < 1.29 is 9.59 Å². The van der Waals surface area contributed by atoms with Crippen molar-refractivity contribution in [3.63, 3.8) is 0 Å². The Morgan fingerprint density at radius 3 is 2.50 bits per heavy atom. The fourth-order valence-electron chi connectivity index (χ4n) is 1.56. The van der Waals surface area contributed by atoms with Gasteiger partial charge in [-0.05, 0) is 6.42 Å². The summed E-state index contributed by atoms with van der Waals surface area (Å²) < 4.78 is 0. The summed E-state index contributed by atoms with van der Waals surface area (Å²) in [4.78, 5) is 21.7. The first-order valence-electron chi connectivity index (χ1n) is 3.22. The Morgan fingerprint density at radius 1 is 1.40 bits per heavy atom. The molecule has 1 saturated carbocycles. The highest BCUT2D eigenvalue weighted by molar-refractivity contribution is 6.08. The molecule has 10 heavy (non-hydrogen) atoms. The van der Waals surface area contributed by atoms with E-state index in [-0.39, 0.29) is 23.7 Å². The van der Waals surface area contributed by atoms with E-state index in [1.807, 2.05) is 0 Å². The van der Waals surface area contributed by atoms with Crippen LogP contribution in [0.2, 0.25) is 0 Å². The molecule has 1 saturated heterocycles. The first-order chi connectivity index (χ1) is 4.70. The molecule has 2 amide bonds. The molecule has 0 aromatic rings. The molecule has 2 unspecified atom stereocenters. The van der Waals surface area contributed by atoms with Gasteiger partial charge in [-0.15, -0.1) is 0 Å². The molecule has 0 spiro atoms. The Bertz CT molecular complexity index is 244. The lowest BCUT2D eigenvalue weighted by molar-refractivity contribution is -0.125. The van der Waals surface area contributed by atoms with Crippen molar-refractivity contribution in [1.29, 1.82) is 0 Å². The lowest BCUT2D eigenvalue weighted by Crippen LogP contribution is -2.30. The van der Waals surface area contributed by atoms with Gasteiger partial charge < -0.3 is 0 Å². The zero-order chi connectivity index (χ0) is 7.30. The van der Waals surface area contributed by atoms with E-state index in [1.165, 1.54) is 0 Å². The average molecular weight is 137 g/mol. The number of amides is 2. The SMILES string of the molecule is C=C1CC2C(=O)NC(=O)C12. The van der Waals surface area contributed by atoms with Crippen LogP contribution in [-0.4, -0.2) is 11.8 Å². The molecule has 52 valence electrons. The van der Waals surface area contributed by atoms with Crippen LogP contribution < -0.4 is 5.32 Å². The maximum atomic E-state index is 10.9. The third kappa shape index (κ3) is 0.454. The molecule has 3 nitrogen and oxygen atoms in total. The standard InChI is InChI=1S/C7H7NO2/c1-3-2-4-5(3)7(10)8-6(4)9/h4-5H,1-2H2,(H,8,9,10). The highest BCUT2D eigenvalue weighted by Crippen LogP contribution is 2.42. The summed E-state index contributed by atoms with van der Waals surface area (Å²) in [6.45, 7) is 3.67. The molecule has 2 aliphatic rings. The van der Waals surface area contributed by atoms with E-state index in [0.29, 0.717) is 6.42 Å².